The lowest BCUT2D eigenvalue weighted by molar-refractivity contribution is 0.0570. The van der Waals surface area contributed by atoms with Crippen LogP contribution in [-0.2, 0) is 18.1 Å². The highest BCUT2D eigenvalue weighted by atomic mass is 16.5. The van der Waals surface area contributed by atoms with Crippen LogP contribution in [0.2, 0.25) is 0 Å². The molecule has 6 rings (SSSR count). The van der Waals surface area contributed by atoms with Crippen LogP contribution in [-0.4, -0.2) is 61.2 Å². The third-order valence-electron chi connectivity index (χ3n) is 7.88. The fourth-order valence-corrected chi connectivity index (χ4v) is 5.37. The van der Waals surface area contributed by atoms with E-state index >= 15 is 0 Å². The average Bonchev–Trinajstić information content (AvgIpc) is 3.83. The lowest BCUT2D eigenvalue weighted by atomic mass is 10.1. The number of imidazole rings is 1. The zero-order chi connectivity index (χ0) is 28.5. The molecule has 0 atom stereocenters. The van der Waals surface area contributed by atoms with Gasteiger partial charge in [0.2, 0.25) is 5.88 Å². The van der Waals surface area contributed by atoms with Crippen molar-refractivity contribution in [3.05, 3.63) is 99.4 Å². The van der Waals surface area contributed by atoms with Gasteiger partial charge in [-0.2, -0.15) is 0 Å². The highest BCUT2D eigenvalue weighted by Crippen LogP contribution is 2.40. The number of aromatic nitrogens is 4. The summed E-state index contributed by atoms with van der Waals surface area (Å²) in [6.45, 7) is 6.55. The molecule has 10 heteroatoms. The van der Waals surface area contributed by atoms with Gasteiger partial charge in [-0.15, -0.1) is 0 Å². The summed E-state index contributed by atoms with van der Waals surface area (Å²) in [5, 5.41) is 10.6. The van der Waals surface area contributed by atoms with Crippen LogP contribution in [0.1, 0.15) is 51.5 Å². The average molecular weight is 555 g/mol. The first-order chi connectivity index (χ1) is 19.9. The molecule has 1 saturated heterocycles. The van der Waals surface area contributed by atoms with Crippen LogP contribution < -0.4 is 10.6 Å². The van der Waals surface area contributed by atoms with Gasteiger partial charge in [0.1, 0.15) is 18.4 Å². The van der Waals surface area contributed by atoms with Gasteiger partial charge in [0.25, 0.3) is 5.91 Å². The van der Waals surface area contributed by atoms with Gasteiger partial charge in [-0.05, 0) is 61.4 Å². The van der Waals surface area contributed by atoms with Crippen LogP contribution >= 0.6 is 0 Å². The Morgan fingerprint density at radius 1 is 1.00 bits per heavy atom. The molecule has 0 spiro atoms. The van der Waals surface area contributed by atoms with Crippen molar-refractivity contribution in [1.29, 1.82) is 0 Å². The molecule has 0 unspecified atom stereocenters. The molecule has 1 aromatic carbocycles. The zero-order valence-corrected chi connectivity index (χ0v) is 23.4. The second-order valence-corrected chi connectivity index (χ2v) is 10.8. The summed E-state index contributed by atoms with van der Waals surface area (Å²) in [7, 11) is 0. The van der Waals surface area contributed by atoms with Crippen LogP contribution in [0.25, 0.3) is 5.82 Å². The second kappa shape index (κ2) is 11.2. The van der Waals surface area contributed by atoms with Gasteiger partial charge >= 0.3 is 5.69 Å². The first kappa shape index (κ1) is 26.8. The smallest absolute Gasteiger partial charge is 0.339 e. The Morgan fingerprint density at radius 3 is 2.41 bits per heavy atom. The van der Waals surface area contributed by atoms with Crippen molar-refractivity contribution in [3.8, 4) is 11.7 Å². The summed E-state index contributed by atoms with van der Waals surface area (Å²) >= 11 is 0. The molecule has 1 N–H and O–H groups in total. The van der Waals surface area contributed by atoms with E-state index in [2.05, 4.69) is 22.9 Å². The van der Waals surface area contributed by atoms with Crippen molar-refractivity contribution in [2.75, 3.05) is 31.1 Å². The maximum Gasteiger partial charge on any atom is 0.339 e. The van der Waals surface area contributed by atoms with E-state index in [0.717, 1.165) is 15.9 Å². The summed E-state index contributed by atoms with van der Waals surface area (Å²) in [6, 6.07) is 15.2. The maximum atomic E-state index is 13.2. The Kier molecular flexibility index (Phi) is 7.32. The van der Waals surface area contributed by atoms with Gasteiger partial charge in [-0.3, -0.25) is 4.79 Å². The standard InChI is InChI=1S/C31H34N6O4/c1-21-16-26(24-8-9-24)18-33-28(21)34-12-14-35(15-13-34)30(39)25-10-11-27(32-17-25)37-22(2)29(38)36(31(37)40)20-41-19-23-6-4-3-5-7-23/h3-7,10-11,16-18,24,38H,8-9,12-15,19-20H2,1-2H3. The number of rotatable bonds is 8. The molecule has 0 bridgehead atoms. The minimum Gasteiger partial charge on any atom is -0.493 e. The predicted octanol–water partition coefficient (Wildman–Crippen LogP) is 3.77. The summed E-state index contributed by atoms with van der Waals surface area (Å²) < 4.78 is 8.14. The van der Waals surface area contributed by atoms with E-state index in [4.69, 9.17) is 9.72 Å². The molecule has 4 heterocycles. The summed E-state index contributed by atoms with van der Waals surface area (Å²) in [4.78, 5) is 39.5. The van der Waals surface area contributed by atoms with Crippen LogP contribution in [0.4, 0.5) is 5.82 Å². The van der Waals surface area contributed by atoms with Crippen LogP contribution in [0.3, 0.4) is 0 Å². The largest absolute Gasteiger partial charge is 0.493 e. The molecule has 1 aliphatic carbocycles. The van der Waals surface area contributed by atoms with Crippen molar-refractivity contribution in [2.24, 2.45) is 0 Å². The van der Waals surface area contributed by atoms with Crippen LogP contribution in [0.5, 0.6) is 5.88 Å². The van der Waals surface area contributed by atoms with Gasteiger partial charge in [0, 0.05) is 38.6 Å². The Hall–Kier alpha value is -4.44. The number of nitrogens with zero attached hydrogens (tertiary/aromatic N) is 6. The van der Waals surface area contributed by atoms with Gasteiger partial charge in [-0.1, -0.05) is 36.4 Å². The first-order valence-electron chi connectivity index (χ1n) is 14.0. The number of hydrogen-bond acceptors (Lipinski definition) is 7. The number of piperazine rings is 1. The Balaban J connectivity index is 1.09. The van der Waals surface area contributed by atoms with Gasteiger partial charge in [0.05, 0.1) is 17.9 Å². The van der Waals surface area contributed by atoms with E-state index < -0.39 is 5.69 Å². The number of aromatic hydroxyl groups is 1. The fourth-order valence-electron chi connectivity index (χ4n) is 5.37. The Bertz CT molecular complexity index is 1600. The number of carbonyl (C=O) groups excluding carboxylic acids is 1. The molecule has 1 saturated carbocycles. The molecular weight excluding hydrogens is 520 g/mol. The highest BCUT2D eigenvalue weighted by molar-refractivity contribution is 5.94. The molecule has 10 nitrogen and oxygen atoms in total. The number of ether oxygens (including phenoxy) is 1. The zero-order valence-electron chi connectivity index (χ0n) is 23.4. The minimum atomic E-state index is -0.468. The molecule has 4 aromatic rings. The number of anilines is 1. The van der Waals surface area contributed by atoms with E-state index in [-0.39, 0.29) is 18.5 Å². The summed E-state index contributed by atoms with van der Waals surface area (Å²) in [5.41, 5.74) is 3.80. The van der Waals surface area contributed by atoms with Crippen molar-refractivity contribution < 1.29 is 14.6 Å². The molecule has 41 heavy (non-hydrogen) atoms. The van der Waals surface area contributed by atoms with Crippen molar-refractivity contribution in [1.82, 2.24) is 24.0 Å². The molecule has 2 aliphatic rings. The fraction of sp³-hybridized carbons (Fsp3) is 0.355. The molecule has 3 aromatic heterocycles. The van der Waals surface area contributed by atoms with Gasteiger partial charge in [-0.25, -0.2) is 23.9 Å². The number of aryl methyl sites for hydroxylation is 1. The number of carbonyl (C=O) groups is 1. The maximum absolute atomic E-state index is 13.2. The highest BCUT2D eigenvalue weighted by Gasteiger charge is 2.27. The van der Waals surface area contributed by atoms with E-state index in [1.807, 2.05) is 41.4 Å². The number of hydrogen-bond donors (Lipinski definition) is 1. The Labute approximate surface area is 238 Å². The van der Waals surface area contributed by atoms with E-state index in [1.165, 1.54) is 34.7 Å². The number of benzene rings is 1. The van der Waals surface area contributed by atoms with E-state index in [0.29, 0.717) is 55.8 Å². The van der Waals surface area contributed by atoms with Crippen LogP contribution in [0.15, 0.2) is 65.7 Å². The molecule has 1 amide bonds. The predicted molar refractivity (Wildman–Crippen MR) is 155 cm³/mol. The van der Waals surface area contributed by atoms with Crippen molar-refractivity contribution in [2.45, 2.75) is 45.9 Å². The van der Waals surface area contributed by atoms with E-state index in [1.54, 1.807) is 19.1 Å². The van der Waals surface area contributed by atoms with Crippen molar-refractivity contribution in [3.63, 3.8) is 0 Å². The molecule has 1 aliphatic heterocycles. The SMILES string of the molecule is Cc1cc(C2CC2)cnc1N1CCN(C(=O)c2ccc(-n3c(C)c(O)n(COCc4ccccc4)c3=O)nc2)CC1. The normalized spacial score (nSPS) is 15.4. The molecule has 0 radical (unpaired) electrons. The topological polar surface area (TPSA) is 106 Å². The molecular formula is C31H34N6O4. The lowest BCUT2D eigenvalue weighted by Gasteiger charge is -2.36. The third-order valence-corrected chi connectivity index (χ3v) is 7.88. The Morgan fingerprint density at radius 2 is 1.76 bits per heavy atom. The van der Waals surface area contributed by atoms with Crippen LogP contribution in [0, 0.1) is 13.8 Å². The van der Waals surface area contributed by atoms with E-state index in [9.17, 15) is 14.7 Å². The summed E-state index contributed by atoms with van der Waals surface area (Å²) in [5.74, 6) is 1.71. The number of amides is 1. The quantitative estimate of drug-likeness (QED) is 0.354. The monoisotopic (exact) mass is 554 g/mol. The third kappa shape index (κ3) is 5.47. The second-order valence-electron chi connectivity index (χ2n) is 10.8. The van der Waals surface area contributed by atoms with Gasteiger partial charge < -0.3 is 19.6 Å². The van der Waals surface area contributed by atoms with Gasteiger partial charge in [0.15, 0.2) is 0 Å². The minimum absolute atomic E-state index is 0.101. The lowest BCUT2D eigenvalue weighted by Crippen LogP contribution is -2.49. The molecule has 2 fully saturated rings. The summed E-state index contributed by atoms with van der Waals surface area (Å²) in [6.07, 6.45) is 6.00. The van der Waals surface area contributed by atoms with Crippen molar-refractivity contribution >= 4 is 11.7 Å². The first-order valence-corrected chi connectivity index (χ1v) is 14.0. The number of pyridine rings is 2. The molecule has 212 valence electrons.